The number of halogens is 1. The van der Waals surface area contributed by atoms with E-state index in [1.54, 1.807) is 0 Å². The number of aryl methyl sites for hydroxylation is 3. The van der Waals surface area contributed by atoms with Crippen molar-refractivity contribution in [2.24, 2.45) is 7.05 Å². The molecule has 0 amide bonds. The number of aromatic amines is 1. The van der Waals surface area contributed by atoms with E-state index in [9.17, 15) is 0 Å². The van der Waals surface area contributed by atoms with Crippen LogP contribution in [0.1, 0.15) is 5.56 Å². The molecule has 0 aliphatic rings. The third-order valence-corrected chi connectivity index (χ3v) is 3.68. The normalized spacial score (nSPS) is 11.3. The second-order valence-electron chi connectivity index (χ2n) is 4.52. The minimum atomic E-state index is 0.711. The van der Waals surface area contributed by atoms with Crippen molar-refractivity contribution in [3.05, 3.63) is 45.9 Å². The molecule has 1 N–H and O–H groups in total. The quantitative estimate of drug-likeness (QED) is 0.752. The number of nitrogens with one attached hydrogen (secondary N) is 1. The summed E-state index contributed by atoms with van der Waals surface area (Å²) in [5.74, 6) is 0. The standard InChI is InChI=1S/C13H13ClN4S/c1-17-8-9(7-15-17)4-5-18-12-3-2-10(14)6-11(12)16-13(18)19/h2-3,6-8H,4-5H2,1H3,(H,16,19). The van der Waals surface area contributed by atoms with Crippen LogP contribution in [-0.2, 0) is 20.0 Å². The molecule has 0 bridgehead atoms. The van der Waals surface area contributed by atoms with Gasteiger partial charge in [-0.25, -0.2) is 0 Å². The summed E-state index contributed by atoms with van der Waals surface area (Å²) in [6.07, 6.45) is 4.81. The van der Waals surface area contributed by atoms with Crippen LogP contribution in [0.25, 0.3) is 11.0 Å². The molecule has 0 saturated carbocycles. The molecule has 0 saturated heterocycles. The van der Waals surface area contributed by atoms with Gasteiger partial charge in [-0.1, -0.05) is 11.6 Å². The fraction of sp³-hybridized carbons (Fsp3) is 0.231. The van der Waals surface area contributed by atoms with Gasteiger partial charge in [0, 0.05) is 24.8 Å². The van der Waals surface area contributed by atoms with E-state index in [1.165, 1.54) is 5.56 Å². The Morgan fingerprint density at radius 1 is 1.42 bits per heavy atom. The third kappa shape index (κ3) is 2.43. The van der Waals surface area contributed by atoms with Gasteiger partial charge in [-0.3, -0.25) is 4.68 Å². The molecule has 98 valence electrons. The Bertz CT molecular complexity index is 783. The fourth-order valence-corrected chi connectivity index (χ4v) is 2.67. The number of hydrogen-bond donors (Lipinski definition) is 1. The summed E-state index contributed by atoms with van der Waals surface area (Å²) in [6.45, 7) is 0.826. The Morgan fingerprint density at radius 2 is 2.26 bits per heavy atom. The molecular weight excluding hydrogens is 280 g/mol. The summed E-state index contributed by atoms with van der Waals surface area (Å²) in [4.78, 5) is 3.18. The molecule has 0 radical (unpaired) electrons. The maximum atomic E-state index is 5.98. The van der Waals surface area contributed by atoms with Crippen LogP contribution in [0.15, 0.2) is 30.6 Å². The SMILES string of the molecule is Cn1cc(CCn2c(=S)[nH]c3cc(Cl)ccc32)cn1. The van der Waals surface area contributed by atoms with Crippen LogP contribution < -0.4 is 0 Å². The first kappa shape index (κ1) is 12.4. The molecule has 3 aromatic rings. The van der Waals surface area contributed by atoms with Crippen molar-refractivity contribution in [1.29, 1.82) is 0 Å². The minimum Gasteiger partial charge on any atom is -0.331 e. The predicted octanol–water partition coefficient (Wildman–Crippen LogP) is 3.33. The van der Waals surface area contributed by atoms with E-state index in [0.29, 0.717) is 5.02 Å². The highest BCUT2D eigenvalue weighted by Gasteiger charge is 2.05. The van der Waals surface area contributed by atoms with Gasteiger partial charge >= 0.3 is 0 Å². The highest BCUT2D eigenvalue weighted by Crippen LogP contribution is 2.19. The number of rotatable bonds is 3. The average molecular weight is 293 g/mol. The van der Waals surface area contributed by atoms with Crippen molar-refractivity contribution in [3.8, 4) is 0 Å². The van der Waals surface area contributed by atoms with E-state index in [2.05, 4.69) is 14.6 Å². The lowest BCUT2D eigenvalue weighted by molar-refractivity contribution is 0.705. The predicted molar refractivity (Wildman–Crippen MR) is 79.0 cm³/mol. The zero-order chi connectivity index (χ0) is 13.4. The van der Waals surface area contributed by atoms with Gasteiger partial charge in [0.05, 0.1) is 17.2 Å². The first-order valence-electron chi connectivity index (χ1n) is 5.99. The molecule has 2 aromatic heterocycles. The van der Waals surface area contributed by atoms with Gasteiger partial charge in [0.25, 0.3) is 0 Å². The molecule has 4 nitrogen and oxygen atoms in total. The molecule has 2 heterocycles. The van der Waals surface area contributed by atoms with Gasteiger partial charge < -0.3 is 9.55 Å². The summed E-state index contributed by atoms with van der Waals surface area (Å²) < 4.78 is 4.62. The zero-order valence-corrected chi connectivity index (χ0v) is 12.0. The Hall–Kier alpha value is -1.59. The van der Waals surface area contributed by atoms with Gasteiger partial charge in [-0.15, -0.1) is 0 Å². The highest BCUT2D eigenvalue weighted by atomic mass is 35.5. The highest BCUT2D eigenvalue weighted by molar-refractivity contribution is 7.71. The zero-order valence-electron chi connectivity index (χ0n) is 10.4. The van der Waals surface area contributed by atoms with Crippen molar-refractivity contribution in [2.45, 2.75) is 13.0 Å². The van der Waals surface area contributed by atoms with Crippen LogP contribution in [0.5, 0.6) is 0 Å². The Balaban J connectivity index is 1.92. The van der Waals surface area contributed by atoms with E-state index >= 15 is 0 Å². The summed E-state index contributed by atoms with van der Waals surface area (Å²) in [5, 5.41) is 4.88. The van der Waals surface area contributed by atoms with Gasteiger partial charge in [0.15, 0.2) is 4.77 Å². The lowest BCUT2D eigenvalue weighted by Gasteiger charge is -2.03. The van der Waals surface area contributed by atoms with E-state index in [-0.39, 0.29) is 0 Å². The molecule has 0 aliphatic carbocycles. The first-order chi connectivity index (χ1) is 9.13. The van der Waals surface area contributed by atoms with Crippen molar-refractivity contribution >= 4 is 34.9 Å². The number of H-pyrrole nitrogens is 1. The number of hydrogen-bond acceptors (Lipinski definition) is 2. The molecule has 0 fully saturated rings. The monoisotopic (exact) mass is 292 g/mol. The summed E-state index contributed by atoms with van der Waals surface area (Å²) >= 11 is 11.3. The van der Waals surface area contributed by atoms with Crippen LogP contribution >= 0.6 is 23.8 Å². The Morgan fingerprint density at radius 3 is 3.00 bits per heavy atom. The molecule has 3 rings (SSSR count). The van der Waals surface area contributed by atoms with Gasteiger partial charge in [-0.05, 0) is 42.4 Å². The smallest absolute Gasteiger partial charge is 0.178 e. The van der Waals surface area contributed by atoms with Gasteiger partial charge in [-0.2, -0.15) is 5.10 Å². The molecule has 1 aromatic carbocycles. The minimum absolute atomic E-state index is 0.711. The fourth-order valence-electron chi connectivity index (χ4n) is 2.20. The topological polar surface area (TPSA) is 38.5 Å². The van der Waals surface area contributed by atoms with Crippen LogP contribution in [0.2, 0.25) is 5.02 Å². The first-order valence-corrected chi connectivity index (χ1v) is 6.78. The second-order valence-corrected chi connectivity index (χ2v) is 5.34. The third-order valence-electron chi connectivity index (χ3n) is 3.12. The number of imidazole rings is 1. The molecule has 19 heavy (non-hydrogen) atoms. The molecule has 0 unspecified atom stereocenters. The molecule has 0 atom stereocenters. The Kier molecular flexibility index (Phi) is 3.16. The number of benzene rings is 1. The van der Waals surface area contributed by atoms with Gasteiger partial charge in [0.1, 0.15) is 0 Å². The van der Waals surface area contributed by atoms with E-state index < -0.39 is 0 Å². The number of fused-ring (bicyclic) bond motifs is 1. The number of aromatic nitrogens is 4. The maximum absolute atomic E-state index is 5.98. The molecule has 0 aliphatic heterocycles. The maximum Gasteiger partial charge on any atom is 0.178 e. The second kappa shape index (κ2) is 4.83. The molecular formula is C13H13ClN4S. The average Bonchev–Trinajstić information content (AvgIpc) is 2.89. The van der Waals surface area contributed by atoms with Crippen LogP contribution in [0.4, 0.5) is 0 Å². The number of nitrogens with zero attached hydrogens (tertiary/aromatic N) is 3. The summed E-state index contributed by atoms with van der Waals surface area (Å²) in [5.41, 5.74) is 3.26. The van der Waals surface area contributed by atoms with Crippen LogP contribution in [0.3, 0.4) is 0 Å². The van der Waals surface area contributed by atoms with Crippen LogP contribution in [-0.4, -0.2) is 19.3 Å². The van der Waals surface area contributed by atoms with Crippen molar-refractivity contribution in [3.63, 3.8) is 0 Å². The molecule has 0 spiro atoms. The lowest BCUT2D eigenvalue weighted by Crippen LogP contribution is -2.00. The summed E-state index contributed by atoms with van der Waals surface area (Å²) in [6, 6.07) is 5.77. The van der Waals surface area contributed by atoms with Gasteiger partial charge in [0.2, 0.25) is 0 Å². The largest absolute Gasteiger partial charge is 0.331 e. The van der Waals surface area contributed by atoms with Crippen molar-refractivity contribution in [2.75, 3.05) is 0 Å². The van der Waals surface area contributed by atoms with E-state index in [1.807, 2.05) is 42.3 Å². The van der Waals surface area contributed by atoms with E-state index in [4.69, 9.17) is 23.8 Å². The van der Waals surface area contributed by atoms with E-state index in [0.717, 1.165) is 28.8 Å². The lowest BCUT2D eigenvalue weighted by atomic mass is 10.2. The van der Waals surface area contributed by atoms with Crippen molar-refractivity contribution < 1.29 is 0 Å². The van der Waals surface area contributed by atoms with Crippen molar-refractivity contribution in [1.82, 2.24) is 19.3 Å². The molecule has 6 heteroatoms. The summed E-state index contributed by atoms with van der Waals surface area (Å²) in [7, 11) is 1.92. The van der Waals surface area contributed by atoms with Crippen LogP contribution in [0, 0.1) is 4.77 Å². The Labute approximate surface area is 120 Å².